The number of amides is 1. The predicted molar refractivity (Wildman–Crippen MR) is 78.0 cm³/mol. The first kappa shape index (κ1) is 15.3. The van der Waals surface area contributed by atoms with Gasteiger partial charge in [-0.1, -0.05) is 0 Å². The van der Waals surface area contributed by atoms with Crippen molar-refractivity contribution >= 4 is 29.0 Å². The zero-order chi connectivity index (χ0) is 14.3. The summed E-state index contributed by atoms with van der Waals surface area (Å²) in [6.45, 7) is 3.08. The van der Waals surface area contributed by atoms with E-state index in [2.05, 4.69) is 10.6 Å². The number of carbonyl (C=O) groups is 1. The second kappa shape index (κ2) is 7.63. The monoisotopic (exact) mass is 283 g/mol. The van der Waals surface area contributed by atoms with Gasteiger partial charge in [-0.3, -0.25) is 14.9 Å². The van der Waals surface area contributed by atoms with E-state index in [0.717, 1.165) is 5.75 Å². The number of thioether (sulfide) groups is 1. The number of nitrogens with zero attached hydrogens (tertiary/aromatic N) is 1. The molecule has 0 saturated heterocycles. The number of nitro benzene ring substituents is 1. The van der Waals surface area contributed by atoms with Gasteiger partial charge >= 0.3 is 0 Å². The number of rotatable bonds is 7. The summed E-state index contributed by atoms with van der Waals surface area (Å²) < 4.78 is 0. The third kappa shape index (κ3) is 4.44. The van der Waals surface area contributed by atoms with Crippen LogP contribution in [0.4, 0.5) is 11.4 Å². The molecule has 0 aliphatic heterocycles. The van der Waals surface area contributed by atoms with Gasteiger partial charge in [-0.25, -0.2) is 0 Å². The van der Waals surface area contributed by atoms with E-state index in [-0.39, 0.29) is 11.6 Å². The first-order chi connectivity index (χ1) is 9.10. The fourth-order valence-electron chi connectivity index (χ4n) is 1.54. The molecule has 7 heteroatoms. The Morgan fingerprint density at radius 2 is 2.21 bits per heavy atom. The zero-order valence-corrected chi connectivity index (χ0v) is 11.8. The highest BCUT2D eigenvalue weighted by atomic mass is 32.2. The number of nitro groups is 1. The molecule has 104 valence electrons. The quantitative estimate of drug-likeness (QED) is 0.455. The third-order valence-corrected chi connectivity index (χ3v) is 3.03. The lowest BCUT2D eigenvalue weighted by atomic mass is 10.1. The number of carbonyl (C=O) groups excluding carboxylic acids is 1. The van der Waals surface area contributed by atoms with E-state index in [1.54, 1.807) is 17.8 Å². The number of benzene rings is 1. The Balaban J connectivity index is 2.95. The summed E-state index contributed by atoms with van der Waals surface area (Å²) in [7, 11) is 0. The Bertz CT molecular complexity index is 466. The van der Waals surface area contributed by atoms with E-state index in [0.29, 0.717) is 24.3 Å². The largest absolute Gasteiger partial charge is 0.385 e. The minimum absolute atomic E-state index is 0.0864. The molecule has 0 fully saturated rings. The molecule has 1 aromatic carbocycles. The van der Waals surface area contributed by atoms with Crippen molar-refractivity contribution in [2.24, 2.45) is 0 Å². The lowest BCUT2D eigenvalue weighted by Crippen LogP contribution is -2.26. The lowest BCUT2D eigenvalue weighted by molar-refractivity contribution is -0.384. The molecule has 1 amide bonds. The third-order valence-electron chi connectivity index (χ3n) is 2.42. The minimum Gasteiger partial charge on any atom is -0.385 e. The van der Waals surface area contributed by atoms with Gasteiger partial charge in [0.1, 0.15) is 0 Å². The average Bonchev–Trinajstić information content (AvgIpc) is 2.39. The average molecular weight is 283 g/mol. The van der Waals surface area contributed by atoms with Crippen LogP contribution in [0.2, 0.25) is 0 Å². The maximum atomic E-state index is 12.0. The van der Waals surface area contributed by atoms with Crippen LogP contribution in [0.5, 0.6) is 0 Å². The van der Waals surface area contributed by atoms with E-state index < -0.39 is 4.92 Å². The fourth-order valence-corrected chi connectivity index (χ4v) is 1.85. The van der Waals surface area contributed by atoms with Crippen LogP contribution in [0.15, 0.2) is 18.2 Å². The summed E-state index contributed by atoms with van der Waals surface area (Å²) in [5, 5.41) is 16.5. The molecule has 1 rings (SSSR count). The molecule has 0 spiro atoms. The van der Waals surface area contributed by atoms with E-state index in [9.17, 15) is 14.9 Å². The molecule has 0 aliphatic rings. The molecular formula is C12H17N3O3S. The van der Waals surface area contributed by atoms with Crippen molar-refractivity contribution in [1.82, 2.24) is 5.32 Å². The van der Waals surface area contributed by atoms with Crippen molar-refractivity contribution in [1.29, 1.82) is 0 Å². The molecule has 0 unspecified atom stereocenters. The summed E-state index contributed by atoms with van der Waals surface area (Å²) in [5.74, 6) is 0.505. The molecule has 0 saturated carbocycles. The fraction of sp³-hybridized carbons (Fsp3) is 0.417. The van der Waals surface area contributed by atoms with E-state index >= 15 is 0 Å². The highest BCUT2D eigenvalue weighted by Crippen LogP contribution is 2.22. The zero-order valence-electron chi connectivity index (χ0n) is 10.9. The Labute approximate surface area is 116 Å². The summed E-state index contributed by atoms with van der Waals surface area (Å²) in [6.07, 6.45) is 1.95. The van der Waals surface area contributed by atoms with Gasteiger partial charge in [0.25, 0.3) is 11.6 Å². The van der Waals surface area contributed by atoms with Crippen molar-refractivity contribution in [3.8, 4) is 0 Å². The molecule has 6 nitrogen and oxygen atoms in total. The Hall–Kier alpha value is -1.76. The maximum Gasteiger partial charge on any atom is 0.270 e. The Morgan fingerprint density at radius 3 is 2.79 bits per heavy atom. The molecule has 0 aliphatic carbocycles. The lowest BCUT2D eigenvalue weighted by Gasteiger charge is -2.10. The Kier molecular flexibility index (Phi) is 6.14. The number of non-ortho nitro benzene ring substituents is 1. The number of hydrogen-bond donors (Lipinski definition) is 2. The normalized spacial score (nSPS) is 10.0. The molecule has 0 radical (unpaired) electrons. The van der Waals surface area contributed by atoms with Gasteiger partial charge in [0.05, 0.1) is 10.5 Å². The minimum atomic E-state index is -0.506. The second-order valence-corrected chi connectivity index (χ2v) is 4.75. The molecule has 0 bridgehead atoms. The van der Waals surface area contributed by atoms with Gasteiger partial charge in [-0.2, -0.15) is 11.8 Å². The molecule has 2 N–H and O–H groups in total. The topological polar surface area (TPSA) is 84.3 Å². The molecule has 0 aromatic heterocycles. The van der Waals surface area contributed by atoms with Gasteiger partial charge in [0.2, 0.25) is 0 Å². The van der Waals surface area contributed by atoms with Crippen molar-refractivity contribution in [3.63, 3.8) is 0 Å². The SMILES string of the molecule is CCNc1ccc([N+](=O)[O-])cc1C(=O)NCCSC. The smallest absolute Gasteiger partial charge is 0.270 e. The summed E-state index contributed by atoms with van der Waals surface area (Å²) >= 11 is 1.62. The van der Waals surface area contributed by atoms with Crippen molar-refractivity contribution in [2.75, 3.05) is 30.4 Å². The summed E-state index contributed by atoms with van der Waals surface area (Å²) in [4.78, 5) is 22.3. The van der Waals surface area contributed by atoms with Crippen LogP contribution in [0.3, 0.4) is 0 Å². The van der Waals surface area contributed by atoms with Gasteiger partial charge in [-0.15, -0.1) is 0 Å². The van der Waals surface area contributed by atoms with Crippen LogP contribution in [0.25, 0.3) is 0 Å². The van der Waals surface area contributed by atoms with Crippen LogP contribution < -0.4 is 10.6 Å². The highest BCUT2D eigenvalue weighted by molar-refractivity contribution is 7.98. The molecule has 1 aromatic rings. The second-order valence-electron chi connectivity index (χ2n) is 3.77. The first-order valence-corrected chi connectivity index (χ1v) is 7.29. The number of anilines is 1. The van der Waals surface area contributed by atoms with Crippen LogP contribution in [-0.4, -0.2) is 35.9 Å². The molecule has 0 heterocycles. The standard InChI is InChI=1S/C12H17N3O3S/c1-3-13-11-5-4-9(15(17)18)8-10(11)12(16)14-6-7-19-2/h4-5,8,13H,3,6-7H2,1-2H3,(H,14,16). The van der Waals surface area contributed by atoms with Crippen LogP contribution in [-0.2, 0) is 0 Å². The van der Waals surface area contributed by atoms with Gasteiger partial charge < -0.3 is 10.6 Å². The van der Waals surface area contributed by atoms with E-state index in [1.807, 2.05) is 13.2 Å². The van der Waals surface area contributed by atoms with Crippen molar-refractivity contribution in [2.45, 2.75) is 6.92 Å². The van der Waals surface area contributed by atoms with Crippen molar-refractivity contribution < 1.29 is 9.72 Å². The van der Waals surface area contributed by atoms with Gasteiger partial charge in [-0.05, 0) is 19.2 Å². The molecular weight excluding hydrogens is 266 g/mol. The molecule has 19 heavy (non-hydrogen) atoms. The van der Waals surface area contributed by atoms with E-state index in [1.165, 1.54) is 12.1 Å². The van der Waals surface area contributed by atoms with Crippen molar-refractivity contribution in [3.05, 3.63) is 33.9 Å². The number of hydrogen-bond acceptors (Lipinski definition) is 5. The van der Waals surface area contributed by atoms with Crippen LogP contribution >= 0.6 is 11.8 Å². The summed E-state index contributed by atoms with van der Waals surface area (Å²) in [6, 6.07) is 4.24. The summed E-state index contributed by atoms with van der Waals surface area (Å²) in [5.41, 5.74) is 0.823. The highest BCUT2D eigenvalue weighted by Gasteiger charge is 2.16. The first-order valence-electron chi connectivity index (χ1n) is 5.89. The predicted octanol–water partition coefficient (Wildman–Crippen LogP) is 2.12. The van der Waals surface area contributed by atoms with Gasteiger partial charge in [0, 0.05) is 36.7 Å². The van der Waals surface area contributed by atoms with Gasteiger partial charge in [0.15, 0.2) is 0 Å². The van der Waals surface area contributed by atoms with Crippen LogP contribution in [0.1, 0.15) is 17.3 Å². The van der Waals surface area contributed by atoms with E-state index in [4.69, 9.17) is 0 Å². The van der Waals surface area contributed by atoms with Crippen LogP contribution in [0, 0.1) is 10.1 Å². The Morgan fingerprint density at radius 1 is 1.47 bits per heavy atom. The number of nitrogens with one attached hydrogen (secondary N) is 2. The molecule has 0 atom stereocenters. The maximum absolute atomic E-state index is 12.0.